The standard InChI is InChI=1S/C14H6Cl3F5/c15-9-4-6(5-10(16)12(9)17)11-7(13(18)19)2-1-3-8(11)14(20,21)22/h1-5,13H. The molecule has 0 N–H and O–H groups in total. The highest BCUT2D eigenvalue weighted by atomic mass is 35.5. The van der Waals surface area contributed by atoms with Crippen molar-refractivity contribution in [2.24, 2.45) is 0 Å². The second-order valence-corrected chi connectivity index (χ2v) is 5.51. The predicted octanol–water partition coefficient (Wildman–Crippen LogP) is 7.27. The summed E-state index contributed by atoms with van der Waals surface area (Å²) in [4.78, 5) is 0. The minimum absolute atomic E-state index is 0.0600. The molecule has 0 unspecified atom stereocenters. The van der Waals surface area contributed by atoms with Gasteiger partial charge in [0.1, 0.15) is 0 Å². The fourth-order valence-electron chi connectivity index (χ4n) is 2.01. The summed E-state index contributed by atoms with van der Waals surface area (Å²) in [5, 5.41) is -0.308. The van der Waals surface area contributed by atoms with Crippen LogP contribution in [0.25, 0.3) is 11.1 Å². The van der Waals surface area contributed by atoms with E-state index in [4.69, 9.17) is 34.8 Å². The van der Waals surface area contributed by atoms with Crippen LogP contribution in [-0.2, 0) is 6.18 Å². The molecular weight excluding hydrogens is 370 g/mol. The second kappa shape index (κ2) is 6.22. The van der Waals surface area contributed by atoms with E-state index in [1.54, 1.807) is 0 Å². The lowest BCUT2D eigenvalue weighted by molar-refractivity contribution is -0.137. The van der Waals surface area contributed by atoms with Crippen molar-refractivity contribution in [1.29, 1.82) is 0 Å². The van der Waals surface area contributed by atoms with Gasteiger partial charge in [0.2, 0.25) is 0 Å². The highest BCUT2D eigenvalue weighted by Crippen LogP contribution is 2.44. The maximum atomic E-state index is 13.1. The zero-order valence-electron chi connectivity index (χ0n) is 10.5. The van der Waals surface area contributed by atoms with E-state index in [2.05, 4.69) is 0 Å². The number of hydrogen-bond acceptors (Lipinski definition) is 0. The Kier molecular flexibility index (Phi) is 4.90. The average Bonchev–Trinajstić information content (AvgIpc) is 2.42. The largest absolute Gasteiger partial charge is 0.417 e. The van der Waals surface area contributed by atoms with Gasteiger partial charge in [0, 0.05) is 11.1 Å². The maximum Gasteiger partial charge on any atom is 0.417 e. The van der Waals surface area contributed by atoms with Crippen LogP contribution in [0.4, 0.5) is 22.0 Å². The highest BCUT2D eigenvalue weighted by molar-refractivity contribution is 6.48. The molecule has 0 saturated carbocycles. The summed E-state index contributed by atoms with van der Waals surface area (Å²) < 4.78 is 65.6. The van der Waals surface area contributed by atoms with Crippen LogP contribution >= 0.6 is 34.8 Å². The van der Waals surface area contributed by atoms with Crippen LogP contribution in [0.15, 0.2) is 30.3 Å². The normalized spacial score (nSPS) is 12.0. The van der Waals surface area contributed by atoms with Crippen LogP contribution in [0, 0.1) is 0 Å². The quantitative estimate of drug-likeness (QED) is 0.382. The van der Waals surface area contributed by atoms with Gasteiger partial charge >= 0.3 is 6.18 Å². The average molecular weight is 376 g/mol. The first-order chi connectivity index (χ1) is 10.1. The summed E-state index contributed by atoms with van der Waals surface area (Å²) in [6, 6.07) is 4.72. The number of halogens is 8. The van der Waals surface area contributed by atoms with E-state index in [0.717, 1.165) is 30.3 Å². The number of hydrogen-bond donors (Lipinski definition) is 0. The van der Waals surface area contributed by atoms with Crippen LogP contribution in [0.5, 0.6) is 0 Å². The third kappa shape index (κ3) is 3.31. The zero-order valence-corrected chi connectivity index (χ0v) is 12.8. The lowest BCUT2D eigenvalue weighted by Crippen LogP contribution is -2.09. The van der Waals surface area contributed by atoms with Crippen molar-refractivity contribution in [3.05, 3.63) is 56.5 Å². The van der Waals surface area contributed by atoms with E-state index >= 15 is 0 Å². The van der Waals surface area contributed by atoms with E-state index < -0.39 is 29.3 Å². The molecule has 0 saturated heterocycles. The molecule has 0 aliphatic heterocycles. The monoisotopic (exact) mass is 374 g/mol. The minimum Gasteiger partial charge on any atom is -0.205 e. The molecule has 0 atom stereocenters. The lowest BCUT2D eigenvalue weighted by atomic mass is 9.94. The van der Waals surface area contributed by atoms with Gasteiger partial charge in [0.05, 0.1) is 20.6 Å². The van der Waals surface area contributed by atoms with E-state index in [1.807, 2.05) is 0 Å². The third-order valence-corrected chi connectivity index (χ3v) is 4.11. The SMILES string of the molecule is FC(F)c1cccc(C(F)(F)F)c1-c1cc(Cl)c(Cl)c(Cl)c1. The summed E-state index contributed by atoms with van der Waals surface area (Å²) in [7, 11) is 0. The Bertz CT molecular complexity index is 687. The van der Waals surface area contributed by atoms with Crippen LogP contribution in [0.1, 0.15) is 17.6 Å². The Morgan fingerprint density at radius 1 is 0.909 bits per heavy atom. The van der Waals surface area contributed by atoms with Gasteiger partial charge in [-0.2, -0.15) is 13.2 Å². The summed E-state index contributed by atoms with van der Waals surface area (Å²) in [6.45, 7) is 0. The van der Waals surface area contributed by atoms with Gasteiger partial charge in [-0.25, -0.2) is 8.78 Å². The zero-order chi connectivity index (χ0) is 16.7. The van der Waals surface area contributed by atoms with Gasteiger partial charge in [-0.3, -0.25) is 0 Å². The molecule has 0 aliphatic rings. The topological polar surface area (TPSA) is 0 Å². The van der Waals surface area contributed by atoms with Crippen molar-refractivity contribution >= 4 is 34.8 Å². The Morgan fingerprint density at radius 2 is 1.45 bits per heavy atom. The molecule has 0 fully saturated rings. The number of benzene rings is 2. The molecule has 0 radical (unpaired) electrons. The molecule has 0 spiro atoms. The fourth-order valence-corrected chi connectivity index (χ4v) is 2.61. The van der Waals surface area contributed by atoms with Gasteiger partial charge in [-0.1, -0.05) is 46.9 Å². The molecule has 8 heteroatoms. The van der Waals surface area contributed by atoms with E-state index in [-0.39, 0.29) is 20.6 Å². The van der Waals surface area contributed by atoms with Gasteiger partial charge in [0.25, 0.3) is 6.43 Å². The van der Waals surface area contributed by atoms with Crippen molar-refractivity contribution in [3.63, 3.8) is 0 Å². The van der Waals surface area contributed by atoms with Crippen molar-refractivity contribution in [1.82, 2.24) is 0 Å². The summed E-state index contributed by atoms with van der Waals surface area (Å²) in [5.41, 5.74) is -2.79. The van der Waals surface area contributed by atoms with Gasteiger partial charge < -0.3 is 0 Å². The molecule has 2 rings (SSSR count). The third-order valence-electron chi connectivity index (χ3n) is 2.91. The molecule has 0 heterocycles. The summed E-state index contributed by atoms with van der Waals surface area (Å²) in [5.74, 6) is 0. The predicted molar refractivity (Wildman–Crippen MR) is 76.9 cm³/mol. The van der Waals surface area contributed by atoms with Gasteiger partial charge in [-0.15, -0.1) is 0 Å². The Balaban J connectivity index is 2.83. The van der Waals surface area contributed by atoms with Gasteiger partial charge in [0.15, 0.2) is 0 Å². The molecule has 0 nitrogen and oxygen atoms in total. The first-order valence-electron chi connectivity index (χ1n) is 5.76. The molecule has 0 aromatic heterocycles. The smallest absolute Gasteiger partial charge is 0.205 e. The van der Waals surface area contributed by atoms with Crippen LogP contribution < -0.4 is 0 Å². The molecule has 2 aromatic carbocycles. The van der Waals surface area contributed by atoms with E-state index in [0.29, 0.717) is 0 Å². The van der Waals surface area contributed by atoms with Crippen LogP contribution in [0.2, 0.25) is 15.1 Å². The molecule has 0 bridgehead atoms. The maximum absolute atomic E-state index is 13.1. The Labute approximate surface area is 137 Å². The van der Waals surface area contributed by atoms with Crippen molar-refractivity contribution in [2.75, 3.05) is 0 Å². The van der Waals surface area contributed by atoms with E-state index in [9.17, 15) is 22.0 Å². The molecule has 0 amide bonds. The molecular formula is C14H6Cl3F5. The Morgan fingerprint density at radius 3 is 1.91 bits per heavy atom. The lowest BCUT2D eigenvalue weighted by Gasteiger charge is -2.17. The summed E-state index contributed by atoms with van der Waals surface area (Å²) in [6.07, 6.45) is -7.90. The molecule has 22 heavy (non-hydrogen) atoms. The van der Waals surface area contributed by atoms with E-state index in [1.165, 1.54) is 0 Å². The Hall–Kier alpha value is -1.04. The van der Waals surface area contributed by atoms with Crippen molar-refractivity contribution in [2.45, 2.75) is 12.6 Å². The van der Waals surface area contributed by atoms with Gasteiger partial charge in [-0.05, 0) is 23.8 Å². The molecule has 118 valence electrons. The first-order valence-corrected chi connectivity index (χ1v) is 6.89. The van der Waals surface area contributed by atoms with Crippen molar-refractivity contribution < 1.29 is 22.0 Å². The fraction of sp³-hybridized carbons (Fsp3) is 0.143. The highest BCUT2D eigenvalue weighted by Gasteiger charge is 2.36. The molecule has 2 aromatic rings. The second-order valence-electron chi connectivity index (χ2n) is 4.32. The molecule has 0 aliphatic carbocycles. The first kappa shape index (κ1) is 17.3. The van der Waals surface area contributed by atoms with Crippen LogP contribution in [-0.4, -0.2) is 0 Å². The number of rotatable bonds is 2. The number of alkyl halides is 5. The minimum atomic E-state index is -4.81. The van der Waals surface area contributed by atoms with Crippen LogP contribution in [0.3, 0.4) is 0 Å². The summed E-state index contributed by atoms with van der Waals surface area (Å²) >= 11 is 17.3. The van der Waals surface area contributed by atoms with Crippen molar-refractivity contribution in [3.8, 4) is 11.1 Å².